The zero-order valence-corrected chi connectivity index (χ0v) is 20.4. The maximum atomic E-state index is 11.7. The first-order valence-corrected chi connectivity index (χ1v) is 12.5. The topological polar surface area (TPSA) is 124 Å². The normalized spacial score (nSPS) is 19.2. The summed E-state index contributed by atoms with van der Waals surface area (Å²) in [5.74, 6) is 0.329. The number of fused-ring (bicyclic) bond motifs is 1. The molecule has 0 spiro atoms. The third kappa shape index (κ3) is 5.41. The van der Waals surface area contributed by atoms with Gasteiger partial charge in [-0.2, -0.15) is 26.2 Å². The number of rotatable bonds is 6. The Kier molecular flexibility index (Phi) is 7.53. The predicted octanol–water partition coefficient (Wildman–Crippen LogP) is 1.69. The van der Waals surface area contributed by atoms with Gasteiger partial charge in [-0.1, -0.05) is 12.1 Å². The quantitative estimate of drug-likeness (QED) is 0.538. The molecule has 0 amide bonds. The summed E-state index contributed by atoms with van der Waals surface area (Å²) in [6, 6.07) is 10.2. The van der Waals surface area contributed by atoms with Gasteiger partial charge in [0.05, 0.1) is 17.8 Å². The lowest BCUT2D eigenvalue weighted by molar-refractivity contribution is -0.0254. The molecular weight excluding hydrogens is 476 g/mol. The molecule has 2 aliphatic rings. The van der Waals surface area contributed by atoms with Gasteiger partial charge in [-0.15, -0.1) is 0 Å². The summed E-state index contributed by atoms with van der Waals surface area (Å²) in [6.45, 7) is 2.90. The van der Waals surface area contributed by atoms with Crippen molar-refractivity contribution in [3.8, 4) is 17.1 Å². The number of anilines is 1. The summed E-state index contributed by atoms with van der Waals surface area (Å²) < 4.78 is 36.2. The molecule has 1 atom stereocenters. The molecule has 2 saturated heterocycles. The molecular formula is C22H28N6O4S2. The Hall–Kier alpha value is -2.51. The molecule has 0 aliphatic carbocycles. The van der Waals surface area contributed by atoms with Gasteiger partial charge in [0.15, 0.2) is 5.52 Å². The van der Waals surface area contributed by atoms with Crippen LogP contribution in [0.1, 0.15) is 12.8 Å². The van der Waals surface area contributed by atoms with Crippen molar-refractivity contribution in [1.82, 2.24) is 19.3 Å². The molecule has 2 fully saturated rings. The average molecular weight is 505 g/mol. The van der Waals surface area contributed by atoms with Gasteiger partial charge in [0.2, 0.25) is 5.88 Å². The van der Waals surface area contributed by atoms with Crippen LogP contribution >= 0.6 is 13.5 Å². The molecule has 5 rings (SSSR count). The van der Waals surface area contributed by atoms with E-state index < -0.39 is 16.3 Å². The third-order valence-electron chi connectivity index (χ3n) is 5.93. The Morgan fingerprint density at radius 3 is 2.56 bits per heavy atom. The molecule has 4 heterocycles. The molecule has 0 saturated carbocycles. The van der Waals surface area contributed by atoms with Crippen molar-refractivity contribution < 1.29 is 17.9 Å². The first-order valence-electron chi connectivity index (χ1n) is 11.0. The fourth-order valence-corrected chi connectivity index (χ4v) is 4.91. The zero-order chi connectivity index (χ0) is 22.8. The summed E-state index contributed by atoms with van der Waals surface area (Å²) in [5.41, 5.74) is 4.08. The lowest BCUT2D eigenvalue weighted by Gasteiger charge is -2.30. The van der Waals surface area contributed by atoms with E-state index in [0.29, 0.717) is 16.9 Å². The summed E-state index contributed by atoms with van der Waals surface area (Å²) in [4.78, 5) is 15.9. The molecule has 2 aromatic heterocycles. The highest BCUT2D eigenvalue weighted by molar-refractivity contribution is 7.86. The zero-order valence-electron chi connectivity index (χ0n) is 18.6. The Morgan fingerprint density at radius 1 is 1.09 bits per heavy atom. The van der Waals surface area contributed by atoms with Gasteiger partial charge < -0.3 is 14.4 Å². The highest BCUT2D eigenvalue weighted by Crippen LogP contribution is 2.29. The fourth-order valence-electron chi connectivity index (χ4n) is 4.21. The Morgan fingerprint density at radius 2 is 1.82 bits per heavy atom. The molecule has 10 nitrogen and oxygen atoms in total. The number of pyridine rings is 1. The van der Waals surface area contributed by atoms with Gasteiger partial charge >= 0.3 is 0 Å². The second kappa shape index (κ2) is 10.4. The molecule has 2 aliphatic heterocycles. The van der Waals surface area contributed by atoms with Crippen LogP contribution in [-0.2, 0) is 14.9 Å². The molecule has 0 radical (unpaired) electrons. The van der Waals surface area contributed by atoms with Crippen molar-refractivity contribution in [2.45, 2.75) is 18.9 Å². The summed E-state index contributed by atoms with van der Waals surface area (Å²) >= 11 is 0. The van der Waals surface area contributed by atoms with Crippen molar-refractivity contribution in [2.24, 2.45) is 5.14 Å². The van der Waals surface area contributed by atoms with Crippen LogP contribution in [0.5, 0.6) is 5.88 Å². The molecule has 2 N–H and O–H groups in total. The smallest absolute Gasteiger partial charge is 0.277 e. The summed E-state index contributed by atoms with van der Waals surface area (Å²) in [5, 5.41) is 5.26. The molecule has 3 aromatic rings. The average Bonchev–Trinajstić information content (AvgIpc) is 3.37. The fraction of sp³-hybridized carbons (Fsp3) is 0.409. The number of hydrogen-bond acceptors (Lipinski definition) is 8. The van der Waals surface area contributed by atoms with Gasteiger partial charge in [0.1, 0.15) is 12.7 Å². The number of aromatic nitrogens is 3. The van der Waals surface area contributed by atoms with Crippen LogP contribution in [0.25, 0.3) is 22.3 Å². The second-order valence-electron chi connectivity index (χ2n) is 8.18. The van der Waals surface area contributed by atoms with E-state index in [1.807, 2.05) is 6.07 Å². The molecule has 34 heavy (non-hydrogen) atoms. The number of morpholine rings is 1. The highest BCUT2D eigenvalue weighted by Gasteiger charge is 2.28. The van der Waals surface area contributed by atoms with Crippen LogP contribution in [-0.4, -0.2) is 73.2 Å². The van der Waals surface area contributed by atoms with E-state index in [9.17, 15) is 8.42 Å². The minimum absolute atomic E-state index is 0. The number of ether oxygens (including phenoxy) is 2. The number of benzene rings is 1. The van der Waals surface area contributed by atoms with Crippen molar-refractivity contribution in [2.75, 3.05) is 44.3 Å². The minimum Gasteiger partial charge on any atom is -0.473 e. The number of nitrogens with two attached hydrogens (primary N) is 1. The van der Waals surface area contributed by atoms with Gasteiger partial charge in [0.25, 0.3) is 10.2 Å². The van der Waals surface area contributed by atoms with Gasteiger partial charge in [0, 0.05) is 49.8 Å². The number of hydrogen-bond donors (Lipinski definition) is 1. The lowest BCUT2D eigenvalue weighted by atomic mass is 10.1. The molecule has 0 unspecified atom stereocenters. The van der Waals surface area contributed by atoms with E-state index >= 15 is 0 Å². The van der Waals surface area contributed by atoms with Crippen LogP contribution in [0, 0.1) is 0 Å². The van der Waals surface area contributed by atoms with E-state index in [1.165, 1.54) is 22.8 Å². The first-order chi connectivity index (χ1) is 16.0. The van der Waals surface area contributed by atoms with Crippen molar-refractivity contribution in [3.63, 3.8) is 0 Å². The van der Waals surface area contributed by atoms with Crippen LogP contribution in [0.3, 0.4) is 0 Å². The first kappa shape index (κ1) is 24.6. The predicted molar refractivity (Wildman–Crippen MR) is 135 cm³/mol. The molecule has 12 heteroatoms. The Labute approximate surface area is 205 Å². The Balaban J connectivity index is 0.00000274. The molecule has 182 valence electrons. The second-order valence-corrected chi connectivity index (χ2v) is 9.73. The Bertz CT molecular complexity index is 1240. The number of nitrogens with zero attached hydrogens (tertiary/aromatic N) is 5. The maximum Gasteiger partial charge on any atom is 0.277 e. The van der Waals surface area contributed by atoms with E-state index in [1.54, 1.807) is 12.4 Å². The minimum atomic E-state index is -3.77. The van der Waals surface area contributed by atoms with E-state index in [2.05, 4.69) is 39.1 Å². The van der Waals surface area contributed by atoms with Crippen molar-refractivity contribution >= 4 is 40.4 Å². The molecule has 1 aromatic carbocycles. The maximum absolute atomic E-state index is 11.7. The van der Waals surface area contributed by atoms with Gasteiger partial charge in [-0.3, -0.25) is 4.98 Å². The standard InChI is InChI=1S/C22H26N6O4S.H2S/c23-33(29,30)28-11-12-31-18(14-28)15-32-22-21-20(24-7-8-25-21)13-19(26-22)16-3-5-17(6-4-16)27-9-1-2-10-27;/h3-8,13,18H,1-2,9-12,14-15H2,(H2,23,29,30);1H2/t18-;/m0./s1. The van der Waals surface area contributed by atoms with Crippen LogP contribution in [0.2, 0.25) is 0 Å². The SMILES string of the molecule is NS(=O)(=O)N1CCO[C@H](COc2nc(-c3ccc(N4CCCC4)cc3)cc3nccnc23)C1.S. The van der Waals surface area contributed by atoms with Crippen molar-refractivity contribution in [3.05, 3.63) is 42.7 Å². The summed E-state index contributed by atoms with van der Waals surface area (Å²) in [7, 11) is -3.77. The highest BCUT2D eigenvalue weighted by atomic mass is 32.2. The monoisotopic (exact) mass is 504 g/mol. The third-order valence-corrected chi connectivity index (χ3v) is 6.98. The van der Waals surface area contributed by atoms with Crippen LogP contribution in [0.15, 0.2) is 42.7 Å². The van der Waals surface area contributed by atoms with Crippen LogP contribution in [0.4, 0.5) is 5.69 Å². The molecule has 0 bridgehead atoms. The largest absolute Gasteiger partial charge is 0.473 e. The summed E-state index contributed by atoms with van der Waals surface area (Å²) in [6.07, 6.45) is 5.20. The van der Waals surface area contributed by atoms with E-state index in [-0.39, 0.29) is 39.8 Å². The van der Waals surface area contributed by atoms with Crippen molar-refractivity contribution in [1.29, 1.82) is 0 Å². The van der Waals surface area contributed by atoms with E-state index in [4.69, 9.17) is 19.6 Å². The van der Waals surface area contributed by atoms with E-state index in [0.717, 1.165) is 24.3 Å². The van der Waals surface area contributed by atoms with Gasteiger partial charge in [-0.25, -0.2) is 15.1 Å². The lowest BCUT2D eigenvalue weighted by Crippen LogP contribution is -2.49. The van der Waals surface area contributed by atoms with Crippen LogP contribution < -0.4 is 14.8 Å². The van der Waals surface area contributed by atoms with Gasteiger partial charge in [-0.05, 0) is 31.0 Å².